The van der Waals surface area contributed by atoms with Crippen LogP contribution in [-0.2, 0) is 4.79 Å². The zero-order valence-electron chi connectivity index (χ0n) is 12.4. The van der Waals surface area contributed by atoms with E-state index in [-0.39, 0.29) is 0 Å². The van der Waals surface area contributed by atoms with Crippen LogP contribution < -0.4 is 5.73 Å². The second-order valence-corrected chi connectivity index (χ2v) is 7.20. The number of aliphatic carboxylic acids is 1. The molecule has 2 saturated carbocycles. The molecule has 3 fully saturated rings. The van der Waals surface area contributed by atoms with Gasteiger partial charge in [-0.1, -0.05) is 12.8 Å². The van der Waals surface area contributed by atoms with Gasteiger partial charge in [0, 0.05) is 12.1 Å². The number of carbonyl (C=O) groups is 1. The molecule has 3 atom stereocenters. The van der Waals surface area contributed by atoms with Crippen LogP contribution in [-0.4, -0.2) is 40.1 Å². The van der Waals surface area contributed by atoms with E-state index in [4.69, 9.17) is 5.73 Å². The van der Waals surface area contributed by atoms with Crippen molar-refractivity contribution in [2.75, 3.05) is 6.54 Å². The lowest BCUT2D eigenvalue weighted by Gasteiger charge is -2.42. The van der Waals surface area contributed by atoms with Gasteiger partial charge in [0.05, 0.1) is 0 Å². The highest BCUT2D eigenvalue weighted by molar-refractivity contribution is 5.78. The summed E-state index contributed by atoms with van der Waals surface area (Å²) in [4.78, 5) is 14.1. The molecule has 0 bridgehead atoms. The third-order valence-electron chi connectivity index (χ3n) is 5.94. The molecule has 4 nitrogen and oxygen atoms in total. The van der Waals surface area contributed by atoms with E-state index < -0.39 is 11.5 Å². The number of nitrogens with two attached hydrogens (primary N) is 1. The zero-order valence-corrected chi connectivity index (χ0v) is 12.4. The molecule has 1 saturated heterocycles. The minimum absolute atomic E-state index is 0.401. The summed E-state index contributed by atoms with van der Waals surface area (Å²) < 4.78 is 0. The van der Waals surface area contributed by atoms with E-state index in [2.05, 4.69) is 4.90 Å². The summed E-state index contributed by atoms with van der Waals surface area (Å²) in [5.74, 6) is 0.0512. The molecule has 0 aromatic rings. The number of hydrogen-bond acceptors (Lipinski definition) is 3. The van der Waals surface area contributed by atoms with Crippen LogP contribution in [0, 0.1) is 5.92 Å². The molecule has 0 aromatic carbocycles. The molecule has 2 aliphatic carbocycles. The standard InChI is InChI=1S/C16H28N2O2/c17-16(15(19)20)9-3-7-13(11-16)18-10-4-8-14(18)12-5-1-2-6-12/h12-14H,1-11,17H2,(H,19,20). The molecule has 4 heteroatoms. The topological polar surface area (TPSA) is 66.6 Å². The Labute approximate surface area is 121 Å². The minimum Gasteiger partial charge on any atom is -0.480 e. The van der Waals surface area contributed by atoms with Crippen molar-refractivity contribution in [1.29, 1.82) is 0 Å². The maximum Gasteiger partial charge on any atom is 0.323 e. The summed E-state index contributed by atoms with van der Waals surface area (Å²) in [5.41, 5.74) is 5.15. The quantitative estimate of drug-likeness (QED) is 0.833. The lowest BCUT2D eigenvalue weighted by Crippen LogP contribution is -2.56. The Bertz CT molecular complexity index is 367. The Morgan fingerprint density at radius 1 is 1.10 bits per heavy atom. The first-order valence-corrected chi connectivity index (χ1v) is 8.38. The Hall–Kier alpha value is -0.610. The predicted molar refractivity (Wildman–Crippen MR) is 78.5 cm³/mol. The Morgan fingerprint density at radius 3 is 2.55 bits per heavy atom. The van der Waals surface area contributed by atoms with E-state index in [1.54, 1.807) is 0 Å². The lowest BCUT2D eigenvalue weighted by molar-refractivity contribution is -0.145. The van der Waals surface area contributed by atoms with E-state index in [0.29, 0.717) is 24.9 Å². The highest BCUT2D eigenvalue weighted by atomic mass is 16.4. The first-order chi connectivity index (χ1) is 9.60. The van der Waals surface area contributed by atoms with Gasteiger partial charge in [0.15, 0.2) is 0 Å². The van der Waals surface area contributed by atoms with Crippen LogP contribution in [0.5, 0.6) is 0 Å². The van der Waals surface area contributed by atoms with Gasteiger partial charge in [-0.05, 0) is 63.8 Å². The highest BCUT2D eigenvalue weighted by Crippen LogP contribution is 2.40. The first-order valence-electron chi connectivity index (χ1n) is 8.38. The van der Waals surface area contributed by atoms with Crippen LogP contribution in [0.1, 0.15) is 64.2 Å². The van der Waals surface area contributed by atoms with E-state index in [1.807, 2.05) is 0 Å². The van der Waals surface area contributed by atoms with Gasteiger partial charge in [0.2, 0.25) is 0 Å². The molecule has 3 aliphatic rings. The van der Waals surface area contributed by atoms with Crippen LogP contribution >= 0.6 is 0 Å². The fraction of sp³-hybridized carbons (Fsp3) is 0.938. The van der Waals surface area contributed by atoms with Crippen LogP contribution in [0.15, 0.2) is 0 Å². The van der Waals surface area contributed by atoms with Gasteiger partial charge < -0.3 is 10.8 Å². The van der Waals surface area contributed by atoms with E-state index in [0.717, 1.165) is 25.3 Å². The van der Waals surface area contributed by atoms with Gasteiger partial charge >= 0.3 is 5.97 Å². The molecule has 1 aliphatic heterocycles. The van der Waals surface area contributed by atoms with Gasteiger partial charge in [0.1, 0.15) is 5.54 Å². The van der Waals surface area contributed by atoms with E-state index in [9.17, 15) is 9.90 Å². The molecule has 0 aromatic heterocycles. The summed E-state index contributed by atoms with van der Waals surface area (Å²) in [7, 11) is 0. The summed E-state index contributed by atoms with van der Waals surface area (Å²) in [6.45, 7) is 1.15. The number of likely N-dealkylation sites (tertiary alicyclic amines) is 1. The molecule has 1 heterocycles. The van der Waals surface area contributed by atoms with E-state index in [1.165, 1.54) is 38.5 Å². The lowest BCUT2D eigenvalue weighted by atomic mass is 9.78. The first kappa shape index (κ1) is 14.3. The fourth-order valence-corrected chi connectivity index (χ4v) is 4.87. The van der Waals surface area contributed by atoms with Crippen LogP contribution in [0.25, 0.3) is 0 Å². The second kappa shape index (κ2) is 5.64. The largest absolute Gasteiger partial charge is 0.480 e. The zero-order chi connectivity index (χ0) is 14.2. The summed E-state index contributed by atoms with van der Waals surface area (Å²) in [5, 5.41) is 9.39. The van der Waals surface area contributed by atoms with E-state index >= 15 is 0 Å². The average Bonchev–Trinajstić information content (AvgIpc) is 3.09. The molecular weight excluding hydrogens is 252 g/mol. The van der Waals surface area contributed by atoms with Gasteiger partial charge in [0.25, 0.3) is 0 Å². The number of carboxylic acids is 1. The van der Waals surface area contributed by atoms with Crippen LogP contribution in [0.2, 0.25) is 0 Å². The molecule has 3 rings (SSSR count). The Morgan fingerprint density at radius 2 is 1.85 bits per heavy atom. The predicted octanol–water partition coefficient (Wildman–Crippen LogP) is 2.37. The number of carboxylic acid groups (broad SMARTS) is 1. The van der Waals surface area contributed by atoms with Gasteiger partial charge in [-0.3, -0.25) is 9.69 Å². The molecule has 0 radical (unpaired) electrons. The van der Waals surface area contributed by atoms with Crippen molar-refractivity contribution >= 4 is 5.97 Å². The minimum atomic E-state index is -0.980. The van der Waals surface area contributed by atoms with Crippen molar-refractivity contribution < 1.29 is 9.90 Å². The number of hydrogen-bond donors (Lipinski definition) is 2. The summed E-state index contributed by atoms with van der Waals surface area (Å²) in [6.07, 6.45) is 11.5. The van der Waals surface area contributed by atoms with Gasteiger partial charge in [-0.2, -0.15) is 0 Å². The summed E-state index contributed by atoms with van der Waals surface area (Å²) >= 11 is 0. The monoisotopic (exact) mass is 280 g/mol. The number of rotatable bonds is 3. The second-order valence-electron chi connectivity index (χ2n) is 7.20. The van der Waals surface area contributed by atoms with Gasteiger partial charge in [-0.15, -0.1) is 0 Å². The third kappa shape index (κ3) is 2.60. The molecule has 0 amide bonds. The third-order valence-corrected chi connectivity index (χ3v) is 5.94. The molecule has 0 spiro atoms. The normalized spacial score (nSPS) is 40.2. The van der Waals surface area contributed by atoms with Crippen molar-refractivity contribution in [3.05, 3.63) is 0 Å². The molecule has 3 unspecified atom stereocenters. The van der Waals surface area contributed by atoms with Gasteiger partial charge in [-0.25, -0.2) is 0 Å². The van der Waals surface area contributed by atoms with Crippen molar-refractivity contribution in [2.24, 2.45) is 11.7 Å². The van der Waals surface area contributed by atoms with Crippen molar-refractivity contribution in [3.63, 3.8) is 0 Å². The molecule has 20 heavy (non-hydrogen) atoms. The van der Waals surface area contributed by atoms with Crippen molar-refractivity contribution in [3.8, 4) is 0 Å². The average molecular weight is 280 g/mol. The molecule has 114 valence electrons. The van der Waals surface area contributed by atoms with Crippen LogP contribution in [0.4, 0.5) is 0 Å². The highest BCUT2D eigenvalue weighted by Gasteiger charge is 2.44. The smallest absolute Gasteiger partial charge is 0.323 e. The SMILES string of the molecule is NC1(C(=O)O)CCCC(N2CCCC2C2CCCC2)C1. The maximum absolute atomic E-state index is 11.4. The Kier molecular flexibility index (Phi) is 4.04. The maximum atomic E-state index is 11.4. The van der Waals surface area contributed by atoms with Crippen LogP contribution in [0.3, 0.4) is 0 Å². The molecule has 3 N–H and O–H groups in total. The number of nitrogens with zero attached hydrogens (tertiary/aromatic N) is 1. The fourth-order valence-electron chi connectivity index (χ4n) is 4.87. The Balaban J connectivity index is 1.69. The summed E-state index contributed by atoms with van der Waals surface area (Å²) in [6, 6.07) is 1.11. The van der Waals surface area contributed by atoms with Crippen molar-refractivity contribution in [1.82, 2.24) is 4.90 Å². The molecular formula is C16H28N2O2. The van der Waals surface area contributed by atoms with Crippen molar-refractivity contribution in [2.45, 2.75) is 81.8 Å².